The first-order valence-electron chi connectivity index (χ1n) is 6.86. The number of anilines is 1. The number of rotatable bonds is 4. The minimum atomic E-state index is 0.0124. The number of nitrogens with zero attached hydrogens (tertiary/aromatic N) is 2. The zero-order chi connectivity index (χ0) is 14.7. The minimum absolute atomic E-state index is 0.0124. The lowest BCUT2D eigenvalue weighted by molar-refractivity contribution is -0.115. The molecule has 108 valence electrons. The van der Waals surface area contributed by atoms with E-state index in [0.717, 1.165) is 17.0 Å². The molecule has 1 aromatic carbocycles. The largest absolute Gasteiger partial charge is 0.494 e. The van der Waals surface area contributed by atoms with E-state index >= 15 is 0 Å². The lowest BCUT2D eigenvalue weighted by Crippen LogP contribution is -2.27. The predicted octanol–water partition coefficient (Wildman–Crippen LogP) is 3.26. The molecule has 2 aromatic rings. The Morgan fingerprint density at radius 3 is 2.62 bits per heavy atom. The highest BCUT2D eigenvalue weighted by Crippen LogP contribution is 2.41. The number of ether oxygens (including phenoxy) is 1. The van der Waals surface area contributed by atoms with Gasteiger partial charge in [0.1, 0.15) is 11.1 Å². The van der Waals surface area contributed by atoms with Gasteiger partial charge in [0.2, 0.25) is 5.91 Å². The summed E-state index contributed by atoms with van der Waals surface area (Å²) in [7, 11) is 0. The average molecular weight is 300 g/mol. The normalized spacial score (nSPS) is 18.0. The Hall–Kier alpha value is -2.01. The van der Waals surface area contributed by atoms with Crippen molar-refractivity contribution in [2.45, 2.75) is 12.3 Å². The molecule has 0 bridgehead atoms. The van der Waals surface area contributed by atoms with Crippen LogP contribution in [0, 0.1) is 0 Å². The van der Waals surface area contributed by atoms with Crippen LogP contribution in [0.3, 0.4) is 0 Å². The van der Waals surface area contributed by atoms with Gasteiger partial charge >= 0.3 is 0 Å². The first-order valence-corrected chi connectivity index (χ1v) is 7.91. The first kappa shape index (κ1) is 13.9. The third-order valence-electron chi connectivity index (χ3n) is 3.29. The fraction of sp³-hybridized carbons (Fsp3) is 0.250. The Labute approximate surface area is 128 Å². The van der Waals surface area contributed by atoms with Crippen molar-refractivity contribution in [1.82, 2.24) is 4.98 Å². The van der Waals surface area contributed by atoms with Crippen LogP contribution in [-0.4, -0.2) is 23.3 Å². The topological polar surface area (TPSA) is 42.4 Å². The number of hydrogen-bond donors (Lipinski definition) is 0. The lowest BCUT2D eigenvalue weighted by Gasteiger charge is -2.24. The van der Waals surface area contributed by atoms with Crippen LogP contribution in [0.1, 0.15) is 17.9 Å². The molecular weight excluding hydrogens is 284 g/mol. The number of hydrogen-bond acceptors (Lipinski definition) is 4. The molecule has 0 saturated carbocycles. The molecule has 0 spiro atoms. The first-order chi connectivity index (χ1) is 10.3. The van der Waals surface area contributed by atoms with E-state index in [1.165, 1.54) is 0 Å². The third kappa shape index (κ3) is 2.88. The van der Waals surface area contributed by atoms with E-state index < -0.39 is 0 Å². The quantitative estimate of drug-likeness (QED) is 0.869. The second-order valence-corrected chi connectivity index (χ2v) is 5.70. The van der Waals surface area contributed by atoms with Crippen LogP contribution < -0.4 is 9.64 Å². The third-order valence-corrected chi connectivity index (χ3v) is 4.50. The summed E-state index contributed by atoms with van der Waals surface area (Å²) in [6.45, 7) is 2.59. The number of aromatic nitrogens is 1. The number of amides is 1. The number of carbonyl (C=O) groups is 1. The molecule has 1 aliphatic heterocycles. The smallest absolute Gasteiger partial charge is 0.238 e. The van der Waals surface area contributed by atoms with Gasteiger partial charge in [-0.25, -0.2) is 0 Å². The van der Waals surface area contributed by atoms with Crippen molar-refractivity contribution >= 4 is 23.4 Å². The second-order valence-electron chi connectivity index (χ2n) is 4.63. The van der Waals surface area contributed by atoms with Gasteiger partial charge in [-0.3, -0.25) is 14.7 Å². The molecule has 0 aliphatic carbocycles. The highest BCUT2D eigenvalue weighted by atomic mass is 32.2. The summed E-state index contributed by atoms with van der Waals surface area (Å²) in [5.41, 5.74) is 1.99. The fourth-order valence-electron chi connectivity index (χ4n) is 2.35. The van der Waals surface area contributed by atoms with Gasteiger partial charge in [-0.15, -0.1) is 11.8 Å². The van der Waals surface area contributed by atoms with E-state index in [2.05, 4.69) is 4.98 Å². The monoisotopic (exact) mass is 300 g/mol. The molecule has 0 radical (unpaired) electrons. The SMILES string of the molecule is CCOc1ccc(N2C(=O)CS[C@@H]2c2ccncc2)cc1. The molecule has 0 unspecified atom stereocenters. The van der Waals surface area contributed by atoms with Gasteiger partial charge in [0.25, 0.3) is 0 Å². The maximum absolute atomic E-state index is 12.2. The van der Waals surface area contributed by atoms with Crippen LogP contribution >= 0.6 is 11.8 Å². The molecule has 21 heavy (non-hydrogen) atoms. The van der Waals surface area contributed by atoms with E-state index in [0.29, 0.717) is 12.4 Å². The van der Waals surface area contributed by atoms with E-state index in [1.807, 2.05) is 48.2 Å². The van der Waals surface area contributed by atoms with Crippen LogP contribution in [-0.2, 0) is 4.79 Å². The Morgan fingerprint density at radius 2 is 1.95 bits per heavy atom. The van der Waals surface area contributed by atoms with Crippen LogP contribution in [0.2, 0.25) is 0 Å². The van der Waals surface area contributed by atoms with Crippen LogP contribution in [0.25, 0.3) is 0 Å². The van der Waals surface area contributed by atoms with Gasteiger partial charge in [0, 0.05) is 18.1 Å². The zero-order valence-corrected chi connectivity index (χ0v) is 12.5. The van der Waals surface area contributed by atoms with Crippen LogP contribution in [0.15, 0.2) is 48.8 Å². The Balaban J connectivity index is 1.89. The summed E-state index contributed by atoms with van der Waals surface area (Å²) in [6.07, 6.45) is 3.52. The van der Waals surface area contributed by atoms with E-state index in [-0.39, 0.29) is 11.3 Å². The molecule has 1 saturated heterocycles. The predicted molar refractivity (Wildman–Crippen MR) is 84.5 cm³/mol. The van der Waals surface area contributed by atoms with Gasteiger partial charge in [-0.2, -0.15) is 0 Å². The number of pyridine rings is 1. The summed E-state index contributed by atoms with van der Waals surface area (Å²) in [6, 6.07) is 11.6. The van der Waals surface area contributed by atoms with Gasteiger partial charge in [0.05, 0.1) is 12.4 Å². The van der Waals surface area contributed by atoms with Gasteiger partial charge in [0.15, 0.2) is 0 Å². The molecule has 5 heteroatoms. The van der Waals surface area contributed by atoms with Gasteiger partial charge < -0.3 is 4.74 Å². The Morgan fingerprint density at radius 1 is 1.24 bits per heavy atom. The van der Waals surface area contributed by atoms with Gasteiger partial charge in [-0.05, 0) is 48.9 Å². The summed E-state index contributed by atoms with van der Waals surface area (Å²) in [5.74, 6) is 1.45. The van der Waals surface area contributed by atoms with Crippen molar-refractivity contribution in [3.05, 3.63) is 54.4 Å². The fourth-order valence-corrected chi connectivity index (χ4v) is 3.52. The molecule has 3 rings (SSSR count). The standard InChI is InChI=1S/C16H16N2O2S/c1-2-20-14-5-3-13(4-6-14)18-15(19)11-21-16(18)12-7-9-17-10-8-12/h3-10,16H,2,11H2,1H3/t16-/m1/s1. The van der Waals surface area contributed by atoms with E-state index in [1.54, 1.807) is 24.2 Å². The number of benzene rings is 1. The summed E-state index contributed by atoms with van der Waals surface area (Å²) >= 11 is 1.64. The molecule has 1 amide bonds. The van der Waals surface area contributed by atoms with Crippen molar-refractivity contribution in [2.75, 3.05) is 17.3 Å². The van der Waals surface area contributed by atoms with E-state index in [4.69, 9.17) is 4.74 Å². The molecule has 1 fully saturated rings. The van der Waals surface area contributed by atoms with Gasteiger partial charge in [-0.1, -0.05) is 0 Å². The van der Waals surface area contributed by atoms with Crippen molar-refractivity contribution < 1.29 is 9.53 Å². The molecule has 4 nitrogen and oxygen atoms in total. The van der Waals surface area contributed by atoms with Crippen molar-refractivity contribution in [1.29, 1.82) is 0 Å². The van der Waals surface area contributed by atoms with Crippen molar-refractivity contribution in [3.8, 4) is 5.75 Å². The Kier molecular flexibility index (Phi) is 4.10. The highest BCUT2D eigenvalue weighted by molar-refractivity contribution is 8.00. The maximum Gasteiger partial charge on any atom is 0.238 e. The molecule has 2 heterocycles. The molecule has 1 aliphatic rings. The lowest BCUT2D eigenvalue weighted by atomic mass is 10.2. The average Bonchev–Trinajstić information content (AvgIpc) is 2.91. The summed E-state index contributed by atoms with van der Waals surface area (Å²) in [4.78, 5) is 18.1. The van der Waals surface area contributed by atoms with Crippen LogP contribution in [0.5, 0.6) is 5.75 Å². The zero-order valence-electron chi connectivity index (χ0n) is 11.7. The second kappa shape index (κ2) is 6.18. The highest BCUT2D eigenvalue weighted by Gasteiger charge is 2.33. The minimum Gasteiger partial charge on any atom is -0.494 e. The molecule has 1 aromatic heterocycles. The number of carbonyl (C=O) groups excluding carboxylic acids is 1. The van der Waals surface area contributed by atoms with Crippen LogP contribution in [0.4, 0.5) is 5.69 Å². The molecule has 0 N–H and O–H groups in total. The maximum atomic E-state index is 12.2. The van der Waals surface area contributed by atoms with Crippen molar-refractivity contribution in [2.24, 2.45) is 0 Å². The Bertz CT molecular complexity index is 616. The number of thioether (sulfide) groups is 1. The summed E-state index contributed by atoms with van der Waals surface area (Å²) < 4.78 is 5.44. The molecule has 1 atom stereocenters. The summed E-state index contributed by atoms with van der Waals surface area (Å²) in [5, 5.41) is 0.0124. The van der Waals surface area contributed by atoms with Crippen molar-refractivity contribution in [3.63, 3.8) is 0 Å². The van der Waals surface area contributed by atoms with E-state index in [9.17, 15) is 4.79 Å². The molecular formula is C16H16N2O2S.